The third kappa shape index (κ3) is 4.96. The highest BCUT2D eigenvalue weighted by Crippen LogP contribution is 2.35. The van der Waals surface area contributed by atoms with Gasteiger partial charge in [0.2, 0.25) is 21.8 Å². The maximum absolute atomic E-state index is 13.2. The van der Waals surface area contributed by atoms with E-state index in [0.29, 0.717) is 30.9 Å². The second-order valence-corrected chi connectivity index (χ2v) is 10.9. The molecule has 0 bridgehead atoms. The monoisotopic (exact) mass is 469 g/mol. The molecule has 0 radical (unpaired) electrons. The first kappa shape index (κ1) is 23.4. The first-order chi connectivity index (χ1) is 15.8. The molecule has 0 saturated carbocycles. The molecule has 2 aromatic rings. The van der Waals surface area contributed by atoms with E-state index < -0.39 is 16.1 Å². The van der Waals surface area contributed by atoms with Gasteiger partial charge in [0.1, 0.15) is 6.04 Å². The van der Waals surface area contributed by atoms with Crippen molar-refractivity contribution in [3.8, 4) is 0 Å². The number of nitrogens with one attached hydrogen (secondary N) is 1. The van der Waals surface area contributed by atoms with Gasteiger partial charge < -0.3 is 5.32 Å². The highest BCUT2D eigenvalue weighted by molar-refractivity contribution is 7.89. The highest BCUT2D eigenvalue weighted by atomic mass is 32.2. The zero-order chi connectivity index (χ0) is 23.6. The van der Waals surface area contributed by atoms with Crippen LogP contribution in [0, 0.1) is 6.92 Å². The van der Waals surface area contributed by atoms with E-state index in [9.17, 15) is 18.0 Å². The van der Waals surface area contributed by atoms with Gasteiger partial charge in [0.25, 0.3) is 0 Å². The van der Waals surface area contributed by atoms with Gasteiger partial charge in [0, 0.05) is 38.7 Å². The second-order valence-electron chi connectivity index (χ2n) is 8.92. The zero-order valence-corrected chi connectivity index (χ0v) is 20.0. The van der Waals surface area contributed by atoms with E-state index in [2.05, 4.69) is 5.32 Å². The molecule has 0 spiro atoms. The van der Waals surface area contributed by atoms with Crippen LogP contribution in [-0.4, -0.2) is 43.7 Å². The maximum atomic E-state index is 13.2. The Morgan fingerprint density at radius 1 is 1.00 bits per heavy atom. The molecule has 7 nitrogen and oxygen atoms in total. The van der Waals surface area contributed by atoms with Gasteiger partial charge >= 0.3 is 0 Å². The van der Waals surface area contributed by atoms with Crippen molar-refractivity contribution in [1.82, 2.24) is 9.62 Å². The van der Waals surface area contributed by atoms with Crippen LogP contribution >= 0.6 is 0 Å². The van der Waals surface area contributed by atoms with Crippen LogP contribution in [-0.2, 0) is 32.6 Å². The molecule has 1 N–H and O–H groups in total. The summed E-state index contributed by atoms with van der Waals surface area (Å²) >= 11 is 0. The van der Waals surface area contributed by atoms with Gasteiger partial charge in [-0.2, -0.15) is 4.31 Å². The second kappa shape index (κ2) is 9.65. The normalized spacial score (nSPS) is 19.1. The van der Waals surface area contributed by atoms with Gasteiger partial charge in [-0.15, -0.1) is 0 Å². The fourth-order valence-corrected chi connectivity index (χ4v) is 6.20. The Morgan fingerprint density at radius 2 is 1.67 bits per heavy atom. The summed E-state index contributed by atoms with van der Waals surface area (Å²) in [7, 11) is -3.60. The Labute approximate surface area is 195 Å². The summed E-state index contributed by atoms with van der Waals surface area (Å²) in [5, 5.41) is 2.92. The molecule has 4 rings (SSSR count). The molecule has 0 unspecified atom stereocenters. The third-order valence-corrected chi connectivity index (χ3v) is 8.36. The van der Waals surface area contributed by atoms with E-state index in [1.807, 2.05) is 31.2 Å². The predicted molar refractivity (Wildman–Crippen MR) is 127 cm³/mol. The molecule has 33 heavy (non-hydrogen) atoms. The van der Waals surface area contributed by atoms with Gasteiger partial charge in [-0.05, 0) is 49.1 Å². The zero-order valence-electron chi connectivity index (χ0n) is 19.2. The van der Waals surface area contributed by atoms with Crippen molar-refractivity contribution in [1.29, 1.82) is 0 Å². The molecular formula is C25H31N3O4S. The van der Waals surface area contributed by atoms with Gasteiger partial charge in [0.05, 0.1) is 4.90 Å². The number of anilines is 1. The maximum Gasteiger partial charge on any atom is 0.243 e. The van der Waals surface area contributed by atoms with Crippen LogP contribution in [0.25, 0.3) is 0 Å². The highest BCUT2D eigenvalue weighted by Gasteiger charge is 2.38. The van der Waals surface area contributed by atoms with Gasteiger partial charge in [-0.25, -0.2) is 8.42 Å². The Balaban J connectivity index is 1.54. The van der Waals surface area contributed by atoms with Crippen LogP contribution in [0.1, 0.15) is 49.3 Å². The minimum absolute atomic E-state index is 0.229. The van der Waals surface area contributed by atoms with Crippen molar-refractivity contribution in [3.63, 3.8) is 0 Å². The number of carbonyl (C=O) groups excluding carboxylic acids is 2. The van der Waals surface area contributed by atoms with Crippen LogP contribution < -0.4 is 10.2 Å². The third-order valence-electron chi connectivity index (χ3n) is 6.47. The molecule has 1 saturated heterocycles. The molecular weight excluding hydrogens is 438 g/mol. The van der Waals surface area contributed by atoms with E-state index in [-0.39, 0.29) is 23.1 Å². The van der Waals surface area contributed by atoms with Crippen molar-refractivity contribution < 1.29 is 18.0 Å². The number of hydrogen-bond donors (Lipinski definition) is 1. The van der Waals surface area contributed by atoms with Gasteiger partial charge in [-0.3, -0.25) is 14.5 Å². The van der Waals surface area contributed by atoms with E-state index >= 15 is 0 Å². The molecule has 1 atom stereocenters. The van der Waals surface area contributed by atoms with Crippen LogP contribution in [0.2, 0.25) is 0 Å². The number of rotatable bonds is 5. The summed E-state index contributed by atoms with van der Waals surface area (Å²) in [6, 6.07) is 12.1. The summed E-state index contributed by atoms with van der Waals surface area (Å²) < 4.78 is 28.0. The first-order valence-corrected chi connectivity index (χ1v) is 13.0. The van der Waals surface area contributed by atoms with Crippen molar-refractivity contribution in [3.05, 3.63) is 59.2 Å². The quantitative estimate of drug-likeness (QED) is 0.729. The number of nitrogens with zero attached hydrogens (tertiary/aromatic N) is 2. The molecule has 2 heterocycles. The molecule has 0 aromatic heterocycles. The Hall–Kier alpha value is -2.71. The van der Waals surface area contributed by atoms with Crippen LogP contribution in [0.15, 0.2) is 47.4 Å². The smallest absolute Gasteiger partial charge is 0.243 e. The summed E-state index contributed by atoms with van der Waals surface area (Å²) in [6.07, 6.45) is 4.11. The number of aryl methyl sites for hydroxylation is 1. The summed E-state index contributed by atoms with van der Waals surface area (Å²) in [5.41, 5.74) is 3.43. The standard InChI is InChI=1S/C25H31N3O4S/c1-18-7-9-20(10-8-18)17-26-25(30)24-16-21-15-22(11-12-23(21)28(24)19(2)29)33(31,32)27-13-5-3-4-6-14-27/h7-12,15,24H,3-6,13-14,16-17H2,1-2H3,(H,26,30)/t24-/m0/s1. The van der Waals surface area contributed by atoms with Crippen molar-refractivity contribution >= 4 is 27.5 Å². The lowest BCUT2D eigenvalue weighted by atomic mass is 10.1. The number of hydrogen-bond acceptors (Lipinski definition) is 4. The minimum Gasteiger partial charge on any atom is -0.350 e. The van der Waals surface area contributed by atoms with Crippen LogP contribution in [0.5, 0.6) is 0 Å². The lowest BCUT2D eigenvalue weighted by Gasteiger charge is -2.24. The average Bonchev–Trinajstić information content (AvgIpc) is 2.96. The number of benzene rings is 2. The van der Waals surface area contributed by atoms with Crippen LogP contribution in [0.3, 0.4) is 0 Å². The fourth-order valence-electron chi connectivity index (χ4n) is 4.63. The Kier molecular flexibility index (Phi) is 6.86. The van der Waals surface area contributed by atoms with Crippen molar-refractivity contribution in [2.75, 3.05) is 18.0 Å². The number of sulfonamides is 1. The topological polar surface area (TPSA) is 86.8 Å². The Bertz CT molecular complexity index is 1140. The Morgan fingerprint density at radius 3 is 2.30 bits per heavy atom. The minimum atomic E-state index is -3.60. The number of fused-ring (bicyclic) bond motifs is 1. The molecule has 2 aliphatic heterocycles. The predicted octanol–water partition coefficient (Wildman–Crippen LogP) is 3.15. The molecule has 8 heteroatoms. The molecule has 2 aromatic carbocycles. The fraction of sp³-hybridized carbons (Fsp3) is 0.440. The summed E-state index contributed by atoms with van der Waals surface area (Å²) in [5.74, 6) is -0.494. The lowest BCUT2D eigenvalue weighted by Crippen LogP contribution is -2.47. The lowest BCUT2D eigenvalue weighted by molar-refractivity contribution is -0.125. The van der Waals surface area contributed by atoms with E-state index in [4.69, 9.17) is 0 Å². The summed E-state index contributed by atoms with van der Waals surface area (Å²) in [4.78, 5) is 27.1. The van der Waals surface area contributed by atoms with E-state index in [0.717, 1.165) is 36.8 Å². The van der Waals surface area contributed by atoms with Gasteiger partial charge in [-0.1, -0.05) is 42.7 Å². The van der Waals surface area contributed by atoms with Gasteiger partial charge in [0.15, 0.2) is 0 Å². The molecule has 2 aliphatic rings. The SMILES string of the molecule is CC(=O)N1c2ccc(S(=O)(=O)N3CCCCCC3)cc2C[C@H]1C(=O)NCc1ccc(C)cc1. The molecule has 2 amide bonds. The largest absolute Gasteiger partial charge is 0.350 e. The van der Waals surface area contributed by atoms with E-state index in [1.165, 1.54) is 11.8 Å². The van der Waals surface area contributed by atoms with Crippen molar-refractivity contribution in [2.24, 2.45) is 0 Å². The summed E-state index contributed by atoms with van der Waals surface area (Å²) in [6.45, 7) is 4.86. The van der Waals surface area contributed by atoms with Crippen molar-refractivity contribution in [2.45, 2.75) is 63.4 Å². The average molecular weight is 470 g/mol. The molecule has 1 fully saturated rings. The van der Waals surface area contributed by atoms with Crippen LogP contribution in [0.4, 0.5) is 5.69 Å². The van der Waals surface area contributed by atoms with E-state index in [1.54, 1.807) is 22.5 Å². The molecule has 0 aliphatic carbocycles. The number of amides is 2. The molecule has 176 valence electrons. The number of carbonyl (C=O) groups is 2. The first-order valence-electron chi connectivity index (χ1n) is 11.5.